The van der Waals surface area contributed by atoms with Crippen LogP contribution in [0.5, 0.6) is 0 Å². The molecule has 2 atom stereocenters. The Balaban J connectivity index is 1.52. The maximum Gasteiger partial charge on any atom is 0.225 e. The van der Waals surface area contributed by atoms with E-state index < -0.39 is 0 Å². The second-order valence-corrected chi connectivity index (χ2v) is 5.96. The van der Waals surface area contributed by atoms with Crippen molar-refractivity contribution in [3.63, 3.8) is 0 Å². The Hall–Kier alpha value is -1.95. The van der Waals surface area contributed by atoms with Gasteiger partial charge in [-0.05, 0) is 19.4 Å². The summed E-state index contributed by atoms with van der Waals surface area (Å²) >= 11 is 5.85. The van der Waals surface area contributed by atoms with E-state index in [0.29, 0.717) is 17.1 Å². The van der Waals surface area contributed by atoms with Crippen molar-refractivity contribution in [2.24, 2.45) is 0 Å². The van der Waals surface area contributed by atoms with E-state index in [0.717, 1.165) is 30.7 Å². The third-order valence-corrected chi connectivity index (χ3v) is 4.31. The second kappa shape index (κ2) is 4.80. The number of hydrogen-bond donors (Lipinski definition) is 0. The molecular weight excluding hydrogens is 288 g/mol. The summed E-state index contributed by atoms with van der Waals surface area (Å²) in [4.78, 5) is 21.9. The summed E-state index contributed by atoms with van der Waals surface area (Å²) in [6.45, 7) is 3.81. The summed E-state index contributed by atoms with van der Waals surface area (Å²) in [6.07, 6.45) is 6.32. The van der Waals surface area contributed by atoms with Gasteiger partial charge in [-0.2, -0.15) is 0 Å². The Labute approximate surface area is 127 Å². The van der Waals surface area contributed by atoms with Crippen molar-refractivity contribution >= 4 is 23.4 Å². The first-order valence-electron chi connectivity index (χ1n) is 7.01. The molecule has 2 bridgehead atoms. The zero-order valence-corrected chi connectivity index (χ0v) is 12.4. The van der Waals surface area contributed by atoms with Crippen molar-refractivity contribution in [3.05, 3.63) is 35.5 Å². The molecule has 0 spiro atoms. The number of piperidine rings is 1. The zero-order chi connectivity index (χ0) is 14.4. The van der Waals surface area contributed by atoms with E-state index in [4.69, 9.17) is 11.6 Å². The van der Waals surface area contributed by atoms with E-state index in [1.807, 2.05) is 19.2 Å². The number of fused-ring (bicyclic) bond motifs is 2. The Bertz CT molecular complexity index is 649. The van der Waals surface area contributed by atoms with Crippen molar-refractivity contribution in [1.82, 2.24) is 19.9 Å². The monoisotopic (exact) mass is 302 g/mol. The molecule has 2 unspecified atom stereocenters. The summed E-state index contributed by atoms with van der Waals surface area (Å²) in [5.74, 6) is 2.60. The van der Waals surface area contributed by atoms with Crippen molar-refractivity contribution < 1.29 is 0 Å². The average Bonchev–Trinajstić information content (AvgIpc) is 2.49. The Morgan fingerprint density at radius 3 is 2.52 bits per heavy atom. The highest BCUT2D eigenvalue weighted by atomic mass is 35.5. The summed E-state index contributed by atoms with van der Waals surface area (Å²) in [6, 6.07) is 2.86. The van der Waals surface area contributed by atoms with Crippen LogP contribution in [0.3, 0.4) is 0 Å². The summed E-state index contributed by atoms with van der Waals surface area (Å²) < 4.78 is 0. The van der Waals surface area contributed by atoms with Crippen LogP contribution >= 0.6 is 11.6 Å². The van der Waals surface area contributed by atoms with Gasteiger partial charge in [-0.3, -0.25) is 0 Å². The van der Waals surface area contributed by atoms with E-state index >= 15 is 0 Å². The molecule has 0 radical (unpaired) electrons. The SMILES string of the molecule is Cc1nccc(N2CC3CC(C2)N3c2ncc(Cl)cn2)n1. The number of hydrogen-bond acceptors (Lipinski definition) is 6. The number of nitrogens with zero attached hydrogens (tertiary/aromatic N) is 6. The van der Waals surface area contributed by atoms with Gasteiger partial charge in [0.2, 0.25) is 5.95 Å². The summed E-state index contributed by atoms with van der Waals surface area (Å²) in [7, 11) is 0. The van der Waals surface area contributed by atoms with E-state index in [2.05, 4.69) is 29.7 Å². The van der Waals surface area contributed by atoms with Gasteiger partial charge in [-0.15, -0.1) is 0 Å². The molecule has 6 nitrogen and oxygen atoms in total. The molecule has 3 saturated heterocycles. The lowest BCUT2D eigenvalue weighted by atomic mass is 9.88. The molecule has 108 valence electrons. The normalized spacial score (nSPS) is 23.9. The number of piperazine rings is 1. The van der Waals surface area contributed by atoms with Crippen LogP contribution in [0.1, 0.15) is 12.2 Å². The summed E-state index contributed by atoms with van der Waals surface area (Å²) in [5, 5.41) is 0.572. The lowest BCUT2D eigenvalue weighted by Gasteiger charge is -2.56. The van der Waals surface area contributed by atoms with Crippen LogP contribution in [-0.2, 0) is 0 Å². The third kappa shape index (κ3) is 2.19. The molecule has 2 aromatic heterocycles. The molecule has 3 aliphatic rings. The van der Waals surface area contributed by atoms with Gasteiger partial charge in [0.05, 0.1) is 29.5 Å². The largest absolute Gasteiger partial charge is 0.352 e. The average molecular weight is 303 g/mol. The Morgan fingerprint density at radius 2 is 1.86 bits per heavy atom. The number of halogens is 1. The van der Waals surface area contributed by atoms with Gasteiger partial charge in [0.25, 0.3) is 0 Å². The maximum absolute atomic E-state index is 5.85. The van der Waals surface area contributed by atoms with Crippen molar-refractivity contribution in [2.45, 2.75) is 25.4 Å². The highest BCUT2D eigenvalue weighted by Crippen LogP contribution is 2.36. The van der Waals surface area contributed by atoms with Gasteiger partial charge in [0.1, 0.15) is 11.6 Å². The van der Waals surface area contributed by atoms with E-state index in [1.54, 1.807) is 12.4 Å². The predicted molar refractivity (Wildman–Crippen MR) is 80.7 cm³/mol. The quantitative estimate of drug-likeness (QED) is 0.841. The number of rotatable bonds is 2. The lowest BCUT2D eigenvalue weighted by Crippen LogP contribution is -2.69. The first-order valence-corrected chi connectivity index (χ1v) is 7.39. The molecule has 0 saturated carbocycles. The molecule has 0 aromatic carbocycles. The first kappa shape index (κ1) is 12.8. The maximum atomic E-state index is 5.85. The van der Waals surface area contributed by atoms with Crippen LogP contribution in [0.15, 0.2) is 24.7 Å². The first-order chi connectivity index (χ1) is 10.2. The predicted octanol–water partition coefficient (Wildman–Crippen LogP) is 1.70. The highest BCUT2D eigenvalue weighted by Gasteiger charge is 2.46. The lowest BCUT2D eigenvalue weighted by molar-refractivity contribution is 0.285. The molecule has 3 aliphatic heterocycles. The zero-order valence-electron chi connectivity index (χ0n) is 11.6. The fraction of sp³-hybridized carbons (Fsp3) is 0.429. The van der Waals surface area contributed by atoms with Gasteiger partial charge in [-0.25, -0.2) is 19.9 Å². The molecule has 21 heavy (non-hydrogen) atoms. The van der Waals surface area contributed by atoms with Gasteiger partial charge < -0.3 is 9.80 Å². The van der Waals surface area contributed by atoms with Crippen molar-refractivity contribution in [3.8, 4) is 0 Å². The second-order valence-electron chi connectivity index (χ2n) is 5.52. The Kier molecular flexibility index (Phi) is 2.92. The van der Waals surface area contributed by atoms with Crippen LogP contribution < -0.4 is 9.80 Å². The molecule has 0 amide bonds. The van der Waals surface area contributed by atoms with Gasteiger partial charge in [-0.1, -0.05) is 11.6 Å². The van der Waals surface area contributed by atoms with Crippen molar-refractivity contribution in [1.29, 1.82) is 0 Å². The third-order valence-electron chi connectivity index (χ3n) is 4.12. The fourth-order valence-corrected chi connectivity index (χ4v) is 3.28. The molecule has 5 heterocycles. The van der Waals surface area contributed by atoms with Crippen molar-refractivity contribution in [2.75, 3.05) is 22.9 Å². The summed E-state index contributed by atoms with van der Waals surface area (Å²) in [5.41, 5.74) is 0. The standard InChI is InChI=1S/C14H15ClN6/c1-9-16-3-2-13(19-9)20-7-11-4-12(8-20)21(11)14-17-5-10(15)6-18-14/h2-3,5-6,11-12H,4,7-8H2,1H3. The molecule has 7 heteroatoms. The fourth-order valence-electron chi connectivity index (χ4n) is 3.18. The Morgan fingerprint density at radius 1 is 1.14 bits per heavy atom. The molecule has 0 N–H and O–H groups in total. The van der Waals surface area contributed by atoms with E-state index in [-0.39, 0.29) is 0 Å². The molecule has 3 fully saturated rings. The molecular formula is C14H15ClN6. The minimum absolute atomic E-state index is 0.445. The minimum Gasteiger partial charge on any atom is -0.352 e. The van der Waals surface area contributed by atoms with E-state index in [1.165, 1.54) is 6.42 Å². The number of aromatic nitrogens is 4. The van der Waals surface area contributed by atoms with Gasteiger partial charge in [0, 0.05) is 19.3 Å². The van der Waals surface area contributed by atoms with E-state index in [9.17, 15) is 0 Å². The molecule has 5 rings (SSSR count). The van der Waals surface area contributed by atoms with Gasteiger partial charge in [0.15, 0.2) is 0 Å². The van der Waals surface area contributed by atoms with Crippen LogP contribution in [0, 0.1) is 6.92 Å². The molecule has 0 aliphatic carbocycles. The van der Waals surface area contributed by atoms with Crippen LogP contribution in [0.2, 0.25) is 5.02 Å². The van der Waals surface area contributed by atoms with Crippen LogP contribution in [0.25, 0.3) is 0 Å². The van der Waals surface area contributed by atoms with Crippen LogP contribution in [0.4, 0.5) is 11.8 Å². The van der Waals surface area contributed by atoms with Gasteiger partial charge >= 0.3 is 0 Å². The minimum atomic E-state index is 0.445. The van der Waals surface area contributed by atoms with Crippen LogP contribution in [-0.4, -0.2) is 45.1 Å². The smallest absolute Gasteiger partial charge is 0.225 e. The number of aryl methyl sites for hydroxylation is 1. The highest BCUT2D eigenvalue weighted by molar-refractivity contribution is 6.30. The number of anilines is 2. The topological polar surface area (TPSA) is 58.0 Å². The molecule has 2 aromatic rings.